The third-order valence-corrected chi connectivity index (χ3v) is 5.02. The molecule has 3 rings (SSSR count). The van der Waals surface area contributed by atoms with Crippen molar-refractivity contribution in [3.63, 3.8) is 0 Å². The highest BCUT2D eigenvalue weighted by Crippen LogP contribution is 2.34. The van der Waals surface area contributed by atoms with E-state index in [1.807, 2.05) is 13.0 Å². The Hall–Kier alpha value is -2.63. The van der Waals surface area contributed by atoms with Crippen molar-refractivity contribution in [1.29, 1.82) is 0 Å². The minimum absolute atomic E-state index is 0.0740. The summed E-state index contributed by atoms with van der Waals surface area (Å²) in [4.78, 5) is 17.6. The fourth-order valence-corrected chi connectivity index (χ4v) is 3.58. The molecule has 148 valence electrons. The Kier molecular flexibility index (Phi) is 6.72. The van der Waals surface area contributed by atoms with E-state index in [2.05, 4.69) is 47.9 Å². The number of nitrogens with zero attached hydrogens (tertiary/aromatic N) is 3. The summed E-state index contributed by atoms with van der Waals surface area (Å²) in [7, 11) is 1.54. The van der Waals surface area contributed by atoms with Gasteiger partial charge in [-0.05, 0) is 30.3 Å². The highest BCUT2D eigenvalue weighted by atomic mass is 79.9. The van der Waals surface area contributed by atoms with Crippen molar-refractivity contribution in [3.8, 4) is 23.8 Å². The van der Waals surface area contributed by atoms with Crippen LogP contribution in [0.25, 0.3) is 10.9 Å². The lowest BCUT2D eigenvalue weighted by Crippen LogP contribution is -2.22. The predicted molar refractivity (Wildman–Crippen MR) is 121 cm³/mol. The van der Waals surface area contributed by atoms with Gasteiger partial charge >= 0.3 is 0 Å². The van der Waals surface area contributed by atoms with Crippen LogP contribution in [0.3, 0.4) is 0 Å². The summed E-state index contributed by atoms with van der Waals surface area (Å²) in [6.07, 6.45) is 7.39. The van der Waals surface area contributed by atoms with E-state index in [4.69, 9.17) is 15.9 Å². The normalized spacial score (nSPS) is 11.0. The van der Waals surface area contributed by atoms with Crippen LogP contribution in [0, 0.1) is 12.3 Å². The molecule has 0 amide bonds. The molecule has 0 saturated heterocycles. The first-order valence-corrected chi connectivity index (χ1v) is 10.3. The van der Waals surface area contributed by atoms with E-state index in [0.29, 0.717) is 40.2 Å². The maximum absolute atomic E-state index is 13.0. The van der Waals surface area contributed by atoms with E-state index in [-0.39, 0.29) is 12.2 Å². The number of fused-ring (bicyclic) bond motifs is 1. The van der Waals surface area contributed by atoms with Gasteiger partial charge in [-0.15, -0.1) is 6.42 Å². The average molecular weight is 519 g/mol. The van der Waals surface area contributed by atoms with Gasteiger partial charge in [0.05, 0.1) is 24.2 Å². The van der Waals surface area contributed by atoms with E-state index in [0.717, 1.165) is 8.95 Å². The Morgan fingerprint density at radius 2 is 2.07 bits per heavy atom. The fraction of sp³-hybridized carbons (Fsp3) is 0.190. The monoisotopic (exact) mass is 517 g/mol. The minimum atomic E-state index is -0.252. The Morgan fingerprint density at radius 3 is 2.76 bits per heavy atom. The molecule has 0 atom stereocenters. The molecule has 3 aromatic rings. The van der Waals surface area contributed by atoms with Crippen molar-refractivity contribution >= 4 is 49.0 Å². The highest BCUT2D eigenvalue weighted by molar-refractivity contribution is 9.10. The lowest BCUT2D eigenvalue weighted by atomic mass is 10.2. The Morgan fingerprint density at radius 1 is 1.28 bits per heavy atom. The van der Waals surface area contributed by atoms with Gasteiger partial charge in [0.1, 0.15) is 12.4 Å². The Balaban J connectivity index is 2.16. The molecular formula is C21H17Br2N3O3. The van der Waals surface area contributed by atoms with Gasteiger partial charge in [-0.1, -0.05) is 44.7 Å². The van der Waals surface area contributed by atoms with Gasteiger partial charge in [0.15, 0.2) is 11.5 Å². The third-order valence-electron chi connectivity index (χ3n) is 4.07. The summed E-state index contributed by atoms with van der Waals surface area (Å²) in [5.74, 6) is 3.93. The summed E-state index contributed by atoms with van der Waals surface area (Å²) in [5.41, 5.74) is 0.982. The fourth-order valence-electron chi connectivity index (χ4n) is 2.77. The number of rotatable bonds is 6. The summed E-state index contributed by atoms with van der Waals surface area (Å²) in [6, 6.07) is 8.96. The number of aryl methyl sites for hydroxylation is 1. The van der Waals surface area contributed by atoms with E-state index in [1.54, 1.807) is 24.3 Å². The molecule has 0 bridgehead atoms. The van der Waals surface area contributed by atoms with Crippen LogP contribution in [0.15, 0.2) is 49.2 Å². The lowest BCUT2D eigenvalue weighted by molar-refractivity contribution is 0.330. The smallest absolute Gasteiger partial charge is 0.282 e. The first-order chi connectivity index (χ1) is 14.0. The molecule has 0 spiro atoms. The number of ether oxygens (including phenoxy) is 2. The molecule has 6 nitrogen and oxygen atoms in total. The number of terminal acetylenes is 1. The second-order valence-electron chi connectivity index (χ2n) is 5.92. The predicted octanol–water partition coefficient (Wildman–Crippen LogP) is 4.39. The van der Waals surface area contributed by atoms with Gasteiger partial charge in [0.25, 0.3) is 5.56 Å². The second kappa shape index (κ2) is 9.25. The molecule has 0 N–H and O–H groups in total. The van der Waals surface area contributed by atoms with Crippen molar-refractivity contribution in [2.45, 2.75) is 13.3 Å². The van der Waals surface area contributed by atoms with Crippen molar-refractivity contribution in [1.82, 2.24) is 9.66 Å². The van der Waals surface area contributed by atoms with Crippen LogP contribution >= 0.6 is 31.9 Å². The zero-order valence-electron chi connectivity index (χ0n) is 15.8. The standard InChI is InChI=1S/C21H17Br2N3O3/c1-4-8-29-20-13(9-15(23)11-18(20)28-3)12-24-26-19(5-2)25-17-7-6-14(22)10-16(17)21(26)27/h1,6-7,9-12H,5,8H2,2-3H3. The van der Waals surface area contributed by atoms with Crippen molar-refractivity contribution in [3.05, 3.63) is 61.0 Å². The van der Waals surface area contributed by atoms with Crippen LogP contribution in [-0.4, -0.2) is 29.6 Å². The van der Waals surface area contributed by atoms with Crippen molar-refractivity contribution < 1.29 is 9.47 Å². The molecule has 1 heterocycles. The van der Waals surface area contributed by atoms with Crippen LogP contribution in [0.1, 0.15) is 18.3 Å². The summed E-state index contributed by atoms with van der Waals surface area (Å²) in [6.45, 7) is 1.99. The molecule has 29 heavy (non-hydrogen) atoms. The molecule has 0 radical (unpaired) electrons. The molecule has 0 aliphatic carbocycles. The number of hydrogen-bond acceptors (Lipinski definition) is 5. The van der Waals surface area contributed by atoms with Crippen LogP contribution in [0.5, 0.6) is 11.5 Å². The maximum atomic E-state index is 13.0. The van der Waals surface area contributed by atoms with Crippen LogP contribution in [-0.2, 0) is 6.42 Å². The lowest BCUT2D eigenvalue weighted by Gasteiger charge is -2.13. The molecule has 0 aliphatic rings. The zero-order valence-corrected chi connectivity index (χ0v) is 18.9. The van der Waals surface area contributed by atoms with Crippen molar-refractivity contribution in [2.75, 3.05) is 13.7 Å². The molecule has 8 heteroatoms. The highest BCUT2D eigenvalue weighted by Gasteiger charge is 2.13. The van der Waals surface area contributed by atoms with E-state index >= 15 is 0 Å². The number of hydrogen-bond donors (Lipinski definition) is 0. The largest absolute Gasteiger partial charge is 0.493 e. The zero-order chi connectivity index (χ0) is 21.0. The SMILES string of the molecule is C#CCOc1c(C=Nn2c(CC)nc3ccc(Br)cc3c2=O)cc(Br)cc1OC. The van der Waals surface area contributed by atoms with Gasteiger partial charge in [0.2, 0.25) is 0 Å². The average Bonchev–Trinajstić information content (AvgIpc) is 2.72. The summed E-state index contributed by atoms with van der Waals surface area (Å²) < 4.78 is 13.9. The van der Waals surface area contributed by atoms with Gasteiger partial charge in [-0.25, -0.2) is 4.98 Å². The number of halogens is 2. The summed E-state index contributed by atoms with van der Waals surface area (Å²) in [5, 5.41) is 4.88. The van der Waals surface area contributed by atoms with E-state index in [1.165, 1.54) is 18.0 Å². The topological polar surface area (TPSA) is 65.7 Å². The number of methoxy groups -OCH3 is 1. The van der Waals surface area contributed by atoms with E-state index in [9.17, 15) is 4.79 Å². The van der Waals surface area contributed by atoms with Gasteiger partial charge in [0, 0.05) is 20.9 Å². The molecule has 0 saturated carbocycles. The minimum Gasteiger partial charge on any atom is -0.493 e. The van der Waals surface area contributed by atoms with Gasteiger partial charge < -0.3 is 9.47 Å². The third kappa shape index (κ3) is 4.52. The van der Waals surface area contributed by atoms with Crippen molar-refractivity contribution in [2.24, 2.45) is 5.10 Å². The Bertz CT molecular complexity index is 1200. The molecule has 0 unspecified atom stereocenters. The number of aromatic nitrogens is 2. The summed E-state index contributed by atoms with van der Waals surface area (Å²) >= 11 is 6.84. The van der Waals surface area contributed by atoms with Gasteiger partial charge in [-0.3, -0.25) is 4.79 Å². The first-order valence-electron chi connectivity index (χ1n) is 8.67. The second-order valence-corrected chi connectivity index (χ2v) is 7.76. The number of benzene rings is 2. The van der Waals surface area contributed by atoms with E-state index < -0.39 is 0 Å². The quantitative estimate of drug-likeness (QED) is 0.358. The molecular weight excluding hydrogens is 502 g/mol. The first kappa shape index (κ1) is 21.1. The van der Waals surface area contributed by atoms with Gasteiger partial charge in [-0.2, -0.15) is 9.78 Å². The van der Waals surface area contributed by atoms with Crippen LogP contribution in [0.2, 0.25) is 0 Å². The molecule has 1 aromatic heterocycles. The molecule has 2 aromatic carbocycles. The molecule has 0 fully saturated rings. The van der Waals surface area contributed by atoms with Crippen LogP contribution in [0.4, 0.5) is 0 Å². The maximum Gasteiger partial charge on any atom is 0.282 e. The molecule has 0 aliphatic heterocycles. The Labute approximate surface area is 184 Å². The van der Waals surface area contributed by atoms with Crippen LogP contribution < -0.4 is 15.0 Å².